The first-order valence-electron chi connectivity index (χ1n) is 13.1. The standard InChI is InChI=1S/C31H19Br2ClF3N3O4S/c1-2-43-29(42)24-25(16-7-9-21(34)10-8-16)40-28(41)23(45-30(40)39-27(24)31(35,36)37)12-19-11-20(32)13-22(33)26(19)44-15-18-6-4-3-5-17(18)14-38/h3-13,25H,2,15H2,1H3/b23-12-/t25-/m1/s1. The second-order valence-electron chi connectivity index (χ2n) is 9.48. The number of carbonyl (C=O) groups is 1. The molecule has 0 amide bonds. The second kappa shape index (κ2) is 13.3. The number of aromatic nitrogens is 1. The highest BCUT2D eigenvalue weighted by Crippen LogP contribution is 2.39. The van der Waals surface area contributed by atoms with Gasteiger partial charge < -0.3 is 9.47 Å². The molecule has 5 rings (SSSR count). The van der Waals surface area contributed by atoms with Gasteiger partial charge in [-0.15, -0.1) is 0 Å². The molecular weight excluding hydrogens is 763 g/mol. The molecule has 14 heteroatoms. The molecule has 0 saturated heterocycles. The van der Waals surface area contributed by atoms with Gasteiger partial charge in [0.2, 0.25) is 0 Å². The molecule has 0 N–H and O–H groups in total. The van der Waals surface area contributed by atoms with Gasteiger partial charge in [-0.05, 0) is 64.8 Å². The molecular formula is C31H19Br2ClF3N3O4S. The van der Waals surface area contributed by atoms with Gasteiger partial charge in [-0.3, -0.25) is 9.36 Å². The lowest BCUT2D eigenvalue weighted by Crippen LogP contribution is -2.41. The van der Waals surface area contributed by atoms with Crippen molar-refractivity contribution < 1.29 is 27.4 Å². The van der Waals surface area contributed by atoms with Crippen LogP contribution in [0.15, 0.2) is 90.7 Å². The number of ether oxygens (including phenoxy) is 2. The van der Waals surface area contributed by atoms with Crippen molar-refractivity contribution in [1.29, 1.82) is 5.26 Å². The first-order chi connectivity index (χ1) is 21.4. The molecule has 0 bridgehead atoms. The Hall–Kier alpha value is -3.70. The molecule has 0 radical (unpaired) electrons. The smallest absolute Gasteiger partial charge is 0.434 e. The molecule has 230 valence electrons. The zero-order chi connectivity index (χ0) is 32.5. The van der Waals surface area contributed by atoms with Crippen LogP contribution < -0.4 is 19.6 Å². The number of thiazole rings is 1. The fourth-order valence-corrected chi connectivity index (χ4v) is 7.18. The lowest BCUT2D eigenvalue weighted by atomic mass is 9.95. The number of rotatable bonds is 7. The Kier molecular flexibility index (Phi) is 9.69. The zero-order valence-electron chi connectivity index (χ0n) is 23.0. The predicted octanol–water partition coefficient (Wildman–Crippen LogP) is 6.97. The molecule has 45 heavy (non-hydrogen) atoms. The summed E-state index contributed by atoms with van der Waals surface area (Å²) in [4.78, 5) is 30.6. The van der Waals surface area contributed by atoms with Gasteiger partial charge >= 0.3 is 12.1 Å². The average Bonchev–Trinajstić information content (AvgIpc) is 3.30. The number of hydrogen-bond acceptors (Lipinski definition) is 7. The fourth-order valence-electron chi connectivity index (χ4n) is 4.69. The molecule has 0 fully saturated rings. The SMILES string of the molecule is CCOC(=O)C1=C(C(F)(F)F)N=c2s/c(=C\c3cc(Br)cc(Br)c3OCc3ccccc3C#N)c(=O)n2[C@@H]1c1ccc(Cl)cc1. The van der Waals surface area contributed by atoms with E-state index in [0.29, 0.717) is 36.4 Å². The molecule has 7 nitrogen and oxygen atoms in total. The number of benzene rings is 3. The van der Waals surface area contributed by atoms with Gasteiger partial charge in [0, 0.05) is 20.6 Å². The van der Waals surface area contributed by atoms with Crippen LogP contribution in [-0.2, 0) is 16.1 Å². The van der Waals surface area contributed by atoms with Crippen molar-refractivity contribution in [3.8, 4) is 11.8 Å². The lowest BCUT2D eigenvalue weighted by Gasteiger charge is -2.26. The van der Waals surface area contributed by atoms with E-state index >= 15 is 0 Å². The molecule has 3 aromatic carbocycles. The van der Waals surface area contributed by atoms with Crippen LogP contribution in [0.5, 0.6) is 5.75 Å². The first-order valence-corrected chi connectivity index (χ1v) is 15.9. The van der Waals surface area contributed by atoms with Crippen molar-refractivity contribution in [2.45, 2.75) is 25.7 Å². The monoisotopic (exact) mass is 779 g/mol. The van der Waals surface area contributed by atoms with Gasteiger partial charge in [0.25, 0.3) is 5.56 Å². The van der Waals surface area contributed by atoms with Gasteiger partial charge in [0.15, 0.2) is 10.5 Å². The van der Waals surface area contributed by atoms with E-state index < -0.39 is 35.0 Å². The van der Waals surface area contributed by atoms with E-state index in [9.17, 15) is 28.0 Å². The van der Waals surface area contributed by atoms with E-state index in [1.807, 2.05) is 0 Å². The van der Waals surface area contributed by atoms with Gasteiger partial charge in [0.1, 0.15) is 12.4 Å². The Balaban J connectivity index is 1.72. The van der Waals surface area contributed by atoms with Crippen molar-refractivity contribution in [3.63, 3.8) is 0 Å². The summed E-state index contributed by atoms with van der Waals surface area (Å²) in [6.07, 6.45) is -3.55. The van der Waals surface area contributed by atoms with Crippen molar-refractivity contribution in [2.75, 3.05) is 6.61 Å². The van der Waals surface area contributed by atoms with Gasteiger partial charge in [-0.1, -0.05) is 69.2 Å². The summed E-state index contributed by atoms with van der Waals surface area (Å²) in [5.41, 5.74) is -1.25. The van der Waals surface area contributed by atoms with E-state index in [0.717, 1.165) is 15.9 Å². The number of fused-ring (bicyclic) bond motifs is 1. The summed E-state index contributed by atoms with van der Waals surface area (Å²) >= 11 is 13.7. The normalized spacial score (nSPS) is 14.9. The summed E-state index contributed by atoms with van der Waals surface area (Å²) in [6.45, 7) is 1.30. The van der Waals surface area contributed by atoms with Gasteiger partial charge in [0.05, 0.1) is 38.9 Å². The number of carbonyl (C=O) groups excluding carboxylic acids is 1. The van der Waals surface area contributed by atoms with E-state index in [-0.39, 0.29) is 28.1 Å². The number of esters is 1. The maximum absolute atomic E-state index is 14.4. The Labute approximate surface area is 279 Å². The van der Waals surface area contributed by atoms with Crippen molar-refractivity contribution >= 4 is 66.8 Å². The van der Waals surface area contributed by atoms with Crippen LogP contribution in [0.3, 0.4) is 0 Å². The number of nitrogens with zero attached hydrogens (tertiary/aromatic N) is 3. The van der Waals surface area contributed by atoms with Crippen LogP contribution in [0.4, 0.5) is 13.2 Å². The Bertz CT molecular complexity index is 2070. The molecule has 2 heterocycles. The van der Waals surface area contributed by atoms with E-state index in [4.69, 9.17) is 21.1 Å². The maximum Gasteiger partial charge on any atom is 0.434 e. The highest BCUT2D eigenvalue weighted by Gasteiger charge is 2.45. The topological polar surface area (TPSA) is 93.7 Å². The molecule has 0 saturated carbocycles. The van der Waals surface area contributed by atoms with E-state index in [1.165, 1.54) is 37.3 Å². The summed E-state index contributed by atoms with van der Waals surface area (Å²) in [6, 6.07) is 16.7. The Morgan fingerprint density at radius 1 is 1.18 bits per heavy atom. The minimum atomic E-state index is -5.03. The molecule has 0 spiro atoms. The van der Waals surface area contributed by atoms with E-state index in [1.54, 1.807) is 36.4 Å². The molecule has 0 aliphatic carbocycles. The highest BCUT2D eigenvalue weighted by molar-refractivity contribution is 9.11. The minimum absolute atomic E-state index is 0.0282. The van der Waals surface area contributed by atoms with Gasteiger partial charge in [-0.2, -0.15) is 18.4 Å². The van der Waals surface area contributed by atoms with Crippen LogP contribution in [0.2, 0.25) is 5.02 Å². The molecule has 0 unspecified atom stereocenters. The summed E-state index contributed by atoms with van der Waals surface area (Å²) < 4.78 is 56.5. The molecule has 1 aliphatic rings. The maximum atomic E-state index is 14.4. The summed E-state index contributed by atoms with van der Waals surface area (Å²) in [7, 11) is 0. The Morgan fingerprint density at radius 2 is 1.89 bits per heavy atom. The van der Waals surface area contributed by atoms with Crippen LogP contribution in [0.1, 0.15) is 35.2 Å². The predicted molar refractivity (Wildman–Crippen MR) is 170 cm³/mol. The number of nitriles is 1. The quantitative estimate of drug-likeness (QED) is 0.189. The molecule has 4 aromatic rings. The molecule has 1 aromatic heterocycles. The Morgan fingerprint density at radius 3 is 2.56 bits per heavy atom. The van der Waals surface area contributed by atoms with E-state index in [2.05, 4.69) is 42.9 Å². The molecule has 1 atom stereocenters. The van der Waals surface area contributed by atoms with Crippen molar-refractivity contribution in [1.82, 2.24) is 4.57 Å². The van der Waals surface area contributed by atoms with Crippen LogP contribution in [0.25, 0.3) is 6.08 Å². The van der Waals surface area contributed by atoms with Crippen LogP contribution in [-0.4, -0.2) is 23.3 Å². The number of halogens is 6. The van der Waals surface area contributed by atoms with Crippen LogP contribution >= 0.6 is 54.8 Å². The third-order valence-electron chi connectivity index (χ3n) is 6.61. The second-order valence-corrected chi connectivity index (χ2v) is 12.7. The van der Waals surface area contributed by atoms with Crippen LogP contribution in [0, 0.1) is 11.3 Å². The number of alkyl halides is 3. The van der Waals surface area contributed by atoms with Crippen molar-refractivity contribution in [3.05, 3.63) is 128 Å². The number of allylic oxidation sites excluding steroid dienone is 1. The minimum Gasteiger partial charge on any atom is -0.487 e. The highest BCUT2D eigenvalue weighted by atomic mass is 79.9. The summed E-state index contributed by atoms with van der Waals surface area (Å²) in [5, 5.41) is 9.77. The van der Waals surface area contributed by atoms with Gasteiger partial charge in [-0.25, -0.2) is 9.79 Å². The third-order valence-corrected chi connectivity index (χ3v) is 8.90. The third kappa shape index (κ3) is 6.79. The lowest BCUT2D eigenvalue weighted by molar-refractivity contribution is -0.140. The van der Waals surface area contributed by atoms with Crippen molar-refractivity contribution in [2.24, 2.45) is 4.99 Å². The average molecular weight is 782 g/mol. The zero-order valence-corrected chi connectivity index (χ0v) is 27.7. The fraction of sp³-hybridized carbons (Fsp3) is 0.161. The largest absolute Gasteiger partial charge is 0.487 e. The molecule has 1 aliphatic heterocycles. The summed E-state index contributed by atoms with van der Waals surface area (Å²) in [5.74, 6) is -0.915. The number of hydrogen-bond donors (Lipinski definition) is 0. The first kappa shape index (κ1) is 32.7.